The zero-order valence-electron chi connectivity index (χ0n) is 13.5. The molecular formula is C18H26N2O2. The number of carbonyl (C=O) groups excluding carboxylic acids is 1. The van der Waals surface area contributed by atoms with Crippen LogP contribution in [0.25, 0.3) is 0 Å². The fourth-order valence-corrected chi connectivity index (χ4v) is 3.50. The van der Waals surface area contributed by atoms with E-state index in [1.807, 2.05) is 11.9 Å². The molecule has 4 nitrogen and oxygen atoms in total. The first-order valence-corrected chi connectivity index (χ1v) is 8.38. The molecule has 0 aromatic heterocycles. The van der Waals surface area contributed by atoms with Gasteiger partial charge in [0.2, 0.25) is 5.91 Å². The lowest BCUT2D eigenvalue weighted by Crippen LogP contribution is -2.43. The Morgan fingerprint density at radius 3 is 2.91 bits per heavy atom. The third kappa shape index (κ3) is 3.50. The summed E-state index contributed by atoms with van der Waals surface area (Å²) in [7, 11) is 1.94. The van der Waals surface area contributed by atoms with Crippen molar-refractivity contribution < 1.29 is 9.53 Å². The monoisotopic (exact) mass is 302 g/mol. The molecule has 1 aromatic rings. The van der Waals surface area contributed by atoms with Crippen LogP contribution in [0, 0.1) is 0 Å². The molecule has 1 saturated heterocycles. The number of fused-ring (bicyclic) bond motifs is 1. The van der Waals surface area contributed by atoms with Crippen LogP contribution in [0.5, 0.6) is 0 Å². The highest BCUT2D eigenvalue weighted by atomic mass is 16.5. The second-order valence-electron chi connectivity index (χ2n) is 6.36. The molecule has 1 aromatic carbocycles. The quantitative estimate of drug-likeness (QED) is 0.851. The van der Waals surface area contributed by atoms with E-state index in [1.54, 1.807) is 0 Å². The predicted octanol–water partition coefficient (Wildman–Crippen LogP) is 1.90. The van der Waals surface area contributed by atoms with Crippen molar-refractivity contribution in [2.24, 2.45) is 0 Å². The molecule has 0 spiro atoms. The SMILES string of the molecule is CN(CCN1CCOCC1)C(=O)C1CCCc2ccccc21. The molecular weight excluding hydrogens is 276 g/mol. The van der Waals surface area contributed by atoms with E-state index in [-0.39, 0.29) is 11.8 Å². The minimum atomic E-state index is 0.0552. The van der Waals surface area contributed by atoms with E-state index in [4.69, 9.17) is 4.74 Å². The van der Waals surface area contributed by atoms with Crippen molar-refractivity contribution in [2.75, 3.05) is 46.4 Å². The Balaban J connectivity index is 1.59. The van der Waals surface area contributed by atoms with Gasteiger partial charge in [-0.25, -0.2) is 0 Å². The van der Waals surface area contributed by atoms with Gasteiger partial charge < -0.3 is 9.64 Å². The van der Waals surface area contributed by atoms with Crippen molar-refractivity contribution in [2.45, 2.75) is 25.2 Å². The van der Waals surface area contributed by atoms with Gasteiger partial charge in [-0.2, -0.15) is 0 Å². The van der Waals surface area contributed by atoms with Crippen LogP contribution in [0.1, 0.15) is 29.9 Å². The Bertz CT molecular complexity index is 512. The highest BCUT2D eigenvalue weighted by molar-refractivity contribution is 5.84. The molecule has 0 bridgehead atoms. The van der Waals surface area contributed by atoms with Crippen molar-refractivity contribution in [3.8, 4) is 0 Å². The van der Waals surface area contributed by atoms with Crippen molar-refractivity contribution in [1.82, 2.24) is 9.80 Å². The molecule has 1 aliphatic heterocycles. The minimum Gasteiger partial charge on any atom is -0.379 e. The molecule has 120 valence electrons. The molecule has 1 amide bonds. The lowest BCUT2D eigenvalue weighted by Gasteiger charge is -2.31. The van der Waals surface area contributed by atoms with Crippen molar-refractivity contribution in [3.63, 3.8) is 0 Å². The molecule has 1 atom stereocenters. The van der Waals surface area contributed by atoms with Gasteiger partial charge in [-0.05, 0) is 30.4 Å². The average Bonchev–Trinajstić information content (AvgIpc) is 2.59. The summed E-state index contributed by atoms with van der Waals surface area (Å²) in [6.07, 6.45) is 3.21. The summed E-state index contributed by atoms with van der Waals surface area (Å²) in [5, 5.41) is 0. The molecule has 22 heavy (non-hydrogen) atoms. The lowest BCUT2D eigenvalue weighted by molar-refractivity contribution is -0.132. The number of benzene rings is 1. The summed E-state index contributed by atoms with van der Waals surface area (Å²) in [5.74, 6) is 0.333. The van der Waals surface area contributed by atoms with E-state index in [9.17, 15) is 4.79 Å². The fraction of sp³-hybridized carbons (Fsp3) is 0.611. The van der Waals surface area contributed by atoms with Gasteiger partial charge in [0.05, 0.1) is 19.1 Å². The molecule has 0 N–H and O–H groups in total. The van der Waals surface area contributed by atoms with E-state index < -0.39 is 0 Å². The molecule has 1 fully saturated rings. The van der Waals surface area contributed by atoms with Gasteiger partial charge >= 0.3 is 0 Å². The van der Waals surface area contributed by atoms with Gasteiger partial charge in [-0.1, -0.05) is 24.3 Å². The number of nitrogens with zero attached hydrogens (tertiary/aromatic N) is 2. The molecule has 1 unspecified atom stereocenters. The van der Waals surface area contributed by atoms with Crippen LogP contribution in [-0.4, -0.2) is 62.1 Å². The third-order valence-electron chi connectivity index (χ3n) is 4.90. The number of amides is 1. The fourth-order valence-electron chi connectivity index (χ4n) is 3.50. The van der Waals surface area contributed by atoms with Crippen LogP contribution in [0.3, 0.4) is 0 Å². The van der Waals surface area contributed by atoms with Crippen LogP contribution in [0.15, 0.2) is 24.3 Å². The topological polar surface area (TPSA) is 32.8 Å². The molecule has 0 radical (unpaired) electrons. The first-order chi connectivity index (χ1) is 10.8. The summed E-state index contributed by atoms with van der Waals surface area (Å²) in [6, 6.07) is 8.43. The van der Waals surface area contributed by atoms with Crippen LogP contribution >= 0.6 is 0 Å². The molecule has 4 heteroatoms. The van der Waals surface area contributed by atoms with E-state index in [0.717, 1.165) is 58.7 Å². The number of likely N-dealkylation sites (N-methyl/N-ethyl adjacent to an activating group) is 1. The smallest absolute Gasteiger partial charge is 0.229 e. The van der Waals surface area contributed by atoms with Gasteiger partial charge in [0.15, 0.2) is 0 Å². The number of rotatable bonds is 4. The molecule has 1 heterocycles. The zero-order chi connectivity index (χ0) is 15.4. The van der Waals surface area contributed by atoms with Crippen LogP contribution in [0.2, 0.25) is 0 Å². The summed E-state index contributed by atoms with van der Waals surface area (Å²) >= 11 is 0. The van der Waals surface area contributed by atoms with Crippen molar-refractivity contribution in [3.05, 3.63) is 35.4 Å². The zero-order valence-corrected chi connectivity index (χ0v) is 13.5. The maximum absolute atomic E-state index is 12.8. The van der Waals surface area contributed by atoms with Crippen molar-refractivity contribution in [1.29, 1.82) is 0 Å². The van der Waals surface area contributed by atoms with Crippen molar-refractivity contribution >= 4 is 5.91 Å². The maximum atomic E-state index is 12.8. The Hall–Kier alpha value is -1.39. The maximum Gasteiger partial charge on any atom is 0.229 e. The second kappa shape index (κ2) is 7.25. The minimum absolute atomic E-state index is 0.0552. The van der Waals surface area contributed by atoms with E-state index in [1.165, 1.54) is 11.1 Å². The molecule has 2 aliphatic rings. The molecule has 1 aliphatic carbocycles. The summed E-state index contributed by atoms with van der Waals surface area (Å²) in [4.78, 5) is 17.1. The van der Waals surface area contributed by atoms with Gasteiger partial charge in [0.25, 0.3) is 0 Å². The van der Waals surface area contributed by atoms with Gasteiger partial charge in [0.1, 0.15) is 0 Å². The number of hydrogen-bond donors (Lipinski definition) is 0. The standard InChI is InChI=1S/C18H26N2O2/c1-19(9-10-20-11-13-22-14-12-20)18(21)17-8-4-6-15-5-2-3-7-16(15)17/h2-3,5,7,17H,4,6,8-14H2,1H3. The molecule has 0 saturated carbocycles. The molecule has 3 rings (SSSR count). The van der Waals surface area contributed by atoms with Gasteiger partial charge in [-0.3, -0.25) is 9.69 Å². The Kier molecular flexibility index (Phi) is 5.11. The summed E-state index contributed by atoms with van der Waals surface area (Å²) in [6.45, 7) is 5.33. The Morgan fingerprint density at radius 1 is 1.32 bits per heavy atom. The van der Waals surface area contributed by atoms with Gasteiger partial charge in [0, 0.05) is 33.2 Å². The number of hydrogen-bond acceptors (Lipinski definition) is 3. The third-order valence-corrected chi connectivity index (χ3v) is 4.90. The summed E-state index contributed by atoms with van der Waals surface area (Å²) in [5.41, 5.74) is 2.60. The highest BCUT2D eigenvalue weighted by Gasteiger charge is 2.28. The normalized spacial score (nSPS) is 22.1. The lowest BCUT2D eigenvalue weighted by atomic mass is 9.82. The average molecular weight is 302 g/mol. The van der Waals surface area contributed by atoms with E-state index in [0.29, 0.717) is 0 Å². The van der Waals surface area contributed by atoms with Crippen LogP contribution < -0.4 is 0 Å². The van der Waals surface area contributed by atoms with Crippen LogP contribution in [0.4, 0.5) is 0 Å². The number of ether oxygens (including phenoxy) is 1. The van der Waals surface area contributed by atoms with E-state index >= 15 is 0 Å². The largest absolute Gasteiger partial charge is 0.379 e. The van der Waals surface area contributed by atoms with Crippen LogP contribution in [-0.2, 0) is 16.0 Å². The Morgan fingerprint density at radius 2 is 2.09 bits per heavy atom. The highest BCUT2D eigenvalue weighted by Crippen LogP contribution is 2.32. The summed E-state index contributed by atoms with van der Waals surface area (Å²) < 4.78 is 5.37. The predicted molar refractivity (Wildman–Crippen MR) is 87.0 cm³/mol. The Labute approximate surface area is 133 Å². The number of carbonyl (C=O) groups is 1. The first kappa shape index (κ1) is 15.5. The van der Waals surface area contributed by atoms with E-state index in [2.05, 4.69) is 29.2 Å². The number of aryl methyl sites for hydroxylation is 1. The second-order valence-corrected chi connectivity index (χ2v) is 6.36. The van der Waals surface area contributed by atoms with Gasteiger partial charge in [-0.15, -0.1) is 0 Å². The first-order valence-electron chi connectivity index (χ1n) is 8.38. The number of morpholine rings is 1.